The first-order valence-corrected chi connectivity index (χ1v) is 8.70. The molecule has 0 spiro atoms. The standard InChI is InChI=1S/C18H23ClN2O3/c1-10-8-13(19)9-11(2)14(10)15-17(22)16(20-18(15)23)12-4-6-21(24-3)7-5-12/h8-9,12,15-16H,4-7H2,1-3H3,(H,20,23). The second-order valence-electron chi connectivity index (χ2n) is 6.72. The molecule has 0 saturated carbocycles. The average Bonchev–Trinajstić information content (AvgIpc) is 2.82. The van der Waals surface area contributed by atoms with E-state index in [1.54, 1.807) is 7.11 Å². The van der Waals surface area contributed by atoms with Crippen molar-refractivity contribution in [2.24, 2.45) is 5.92 Å². The quantitative estimate of drug-likeness (QED) is 0.850. The molecule has 2 atom stereocenters. The fraction of sp³-hybridized carbons (Fsp3) is 0.556. The topological polar surface area (TPSA) is 58.6 Å². The molecule has 0 aliphatic carbocycles. The summed E-state index contributed by atoms with van der Waals surface area (Å²) in [4.78, 5) is 30.8. The highest BCUT2D eigenvalue weighted by atomic mass is 35.5. The van der Waals surface area contributed by atoms with Gasteiger partial charge in [0.05, 0.1) is 13.2 Å². The Hall–Kier alpha value is -1.43. The monoisotopic (exact) mass is 350 g/mol. The van der Waals surface area contributed by atoms with E-state index in [1.165, 1.54) is 0 Å². The van der Waals surface area contributed by atoms with Crippen LogP contribution in [0.5, 0.6) is 0 Å². The third-order valence-electron chi connectivity index (χ3n) is 5.23. The molecule has 3 rings (SSSR count). The number of piperidine rings is 1. The predicted molar refractivity (Wildman–Crippen MR) is 91.9 cm³/mol. The molecule has 130 valence electrons. The molecule has 24 heavy (non-hydrogen) atoms. The minimum atomic E-state index is -0.715. The Morgan fingerprint density at radius 2 is 1.75 bits per heavy atom. The Morgan fingerprint density at radius 1 is 1.17 bits per heavy atom. The van der Waals surface area contributed by atoms with Crippen molar-refractivity contribution in [1.82, 2.24) is 10.4 Å². The minimum Gasteiger partial charge on any atom is -0.345 e. The van der Waals surface area contributed by atoms with Crippen molar-refractivity contribution in [2.75, 3.05) is 20.2 Å². The molecule has 2 unspecified atom stereocenters. The van der Waals surface area contributed by atoms with Gasteiger partial charge in [-0.05, 0) is 61.4 Å². The van der Waals surface area contributed by atoms with Crippen molar-refractivity contribution in [2.45, 2.75) is 38.6 Å². The van der Waals surface area contributed by atoms with Crippen LogP contribution in [0.15, 0.2) is 12.1 Å². The van der Waals surface area contributed by atoms with E-state index in [0.29, 0.717) is 5.02 Å². The lowest BCUT2D eigenvalue weighted by Gasteiger charge is -2.32. The van der Waals surface area contributed by atoms with E-state index in [-0.39, 0.29) is 17.6 Å². The Morgan fingerprint density at radius 3 is 2.29 bits per heavy atom. The maximum Gasteiger partial charge on any atom is 0.235 e. The summed E-state index contributed by atoms with van der Waals surface area (Å²) in [7, 11) is 1.66. The zero-order valence-corrected chi connectivity index (χ0v) is 15.0. The third-order valence-corrected chi connectivity index (χ3v) is 5.44. The van der Waals surface area contributed by atoms with E-state index in [9.17, 15) is 9.59 Å². The van der Waals surface area contributed by atoms with Gasteiger partial charge in [-0.15, -0.1) is 0 Å². The van der Waals surface area contributed by atoms with Gasteiger partial charge in [0.1, 0.15) is 5.92 Å². The van der Waals surface area contributed by atoms with Crippen LogP contribution in [0.4, 0.5) is 0 Å². The number of ketones is 1. The summed E-state index contributed by atoms with van der Waals surface area (Å²) in [5.74, 6) is -0.740. The molecule has 2 fully saturated rings. The van der Waals surface area contributed by atoms with Crippen LogP contribution in [0.2, 0.25) is 5.02 Å². The minimum absolute atomic E-state index is 0.00982. The Labute approximate surface area is 147 Å². The molecule has 1 N–H and O–H groups in total. The number of hydroxylamine groups is 2. The van der Waals surface area contributed by atoms with Crippen LogP contribution in [0, 0.1) is 19.8 Å². The third kappa shape index (κ3) is 3.08. The summed E-state index contributed by atoms with van der Waals surface area (Å²) in [5.41, 5.74) is 2.59. The zero-order chi connectivity index (χ0) is 17.4. The molecule has 2 heterocycles. The van der Waals surface area contributed by atoms with Crippen molar-refractivity contribution in [1.29, 1.82) is 0 Å². The SMILES string of the molecule is CON1CCC(C2NC(=O)C(c3c(C)cc(Cl)cc3C)C2=O)CC1. The van der Waals surface area contributed by atoms with Gasteiger partial charge in [-0.25, -0.2) is 0 Å². The number of nitrogens with one attached hydrogen (secondary N) is 1. The normalized spacial score (nSPS) is 26.0. The number of hydrogen-bond acceptors (Lipinski definition) is 4. The van der Waals surface area contributed by atoms with E-state index < -0.39 is 12.0 Å². The average molecular weight is 351 g/mol. The molecule has 1 aromatic rings. The van der Waals surface area contributed by atoms with E-state index in [2.05, 4.69) is 5.32 Å². The van der Waals surface area contributed by atoms with E-state index in [1.807, 2.05) is 31.0 Å². The van der Waals surface area contributed by atoms with Gasteiger partial charge in [-0.2, -0.15) is 5.06 Å². The largest absolute Gasteiger partial charge is 0.345 e. The number of carbonyl (C=O) groups is 2. The van der Waals surface area contributed by atoms with Crippen LogP contribution in [0.25, 0.3) is 0 Å². The first-order chi connectivity index (χ1) is 11.4. The summed E-state index contributed by atoms with van der Waals surface area (Å²) in [5, 5.41) is 5.46. The lowest BCUT2D eigenvalue weighted by Crippen LogP contribution is -2.43. The van der Waals surface area contributed by atoms with Crippen LogP contribution in [-0.4, -0.2) is 43.0 Å². The van der Waals surface area contributed by atoms with Gasteiger partial charge in [0.25, 0.3) is 0 Å². The van der Waals surface area contributed by atoms with Crippen LogP contribution < -0.4 is 5.32 Å². The number of benzene rings is 1. The van der Waals surface area contributed by atoms with Crippen LogP contribution >= 0.6 is 11.6 Å². The second-order valence-corrected chi connectivity index (χ2v) is 7.16. The number of carbonyl (C=O) groups excluding carboxylic acids is 2. The van der Waals surface area contributed by atoms with Gasteiger partial charge < -0.3 is 10.2 Å². The summed E-state index contributed by atoms with van der Waals surface area (Å²) in [6.07, 6.45) is 1.69. The maximum atomic E-state index is 13.0. The summed E-state index contributed by atoms with van der Waals surface area (Å²) >= 11 is 6.08. The summed E-state index contributed by atoms with van der Waals surface area (Å²) in [6, 6.07) is 3.24. The summed E-state index contributed by atoms with van der Waals surface area (Å²) < 4.78 is 0. The van der Waals surface area contributed by atoms with Crippen LogP contribution in [0.3, 0.4) is 0 Å². The zero-order valence-electron chi connectivity index (χ0n) is 14.3. The molecule has 6 heteroatoms. The lowest BCUT2D eigenvalue weighted by molar-refractivity contribution is -0.150. The predicted octanol–water partition coefficient (Wildman–Crippen LogP) is 2.38. The molecular weight excluding hydrogens is 328 g/mol. The molecule has 2 aliphatic rings. The number of aryl methyl sites for hydroxylation is 2. The van der Waals surface area contributed by atoms with Gasteiger partial charge in [0.15, 0.2) is 5.78 Å². The van der Waals surface area contributed by atoms with E-state index in [0.717, 1.165) is 42.6 Å². The number of Topliss-reactive ketones (excluding diaryl/α,β-unsaturated/α-hetero) is 1. The van der Waals surface area contributed by atoms with Crippen molar-refractivity contribution >= 4 is 23.3 Å². The van der Waals surface area contributed by atoms with Gasteiger partial charge >= 0.3 is 0 Å². The first kappa shape index (κ1) is 17.4. The maximum absolute atomic E-state index is 13.0. The highest BCUT2D eigenvalue weighted by molar-refractivity contribution is 6.30. The number of rotatable bonds is 3. The smallest absolute Gasteiger partial charge is 0.235 e. The number of amides is 1. The lowest BCUT2D eigenvalue weighted by atomic mass is 9.82. The first-order valence-electron chi connectivity index (χ1n) is 8.32. The molecule has 1 amide bonds. The molecule has 2 aliphatic heterocycles. The fourth-order valence-electron chi connectivity index (χ4n) is 4.01. The van der Waals surface area contributed by atoms with Gasteiger partial charge in [0.2, 0.25) is 5.91 Å². The molecular formula is C18H23ClN2O3. The number of nitrogens with zero attached hydrogens (tertiary/aromatic N) is 1. The molecule has 1 aromatic carbocycles. The van der Waals surface area contributed by atoms with Gasteiger partial charge in [0, 0.05) is 18.1 Å². The van der Waals surface area contributed by atoms with Gasteiger partial charge in [-0.1, -0.05) is 11.6 Å². The van der Waals surface area contributed by atoms with Crippen molar-refractivity contribution in [3.05, 3.63) is 33.8 Å². The number of hydrogen-bond donors (Lipinski definition) is 1. The van der Waals surface area contributed by atoms with E-state index >= 15 is 0 Å². The molecule has 0 radical (unpaired) electrons. The van der Waals surface area contributed by atoms with Crippen molar-refractivity contribution in [3.63, 3.8) is 0 Å². The van der Waals surface area contributed by atoms with Gasteiger partial charge in [-0.3, -0.25) is 9.59 Å². The second kappa shape index (κ2) is 6.82. The van der Waals surface area contributed by atoms with E-state index in [4.69, 9.17) is 16.4 Å². The van der Waals surface area contributed by atoms with Crippen LogP contribution in [0.1, 0.15) is 35.4 Å². The number of halogens is 1. The molecule has 0 aromatic heterocycles. The molecule has 2 saturated heterocycles. The van der Waals surface area contributed by atoms with Crippen molar-refractivity contribution in [3.8, 4) is 0 Å². The Balaban J connectivity index is 1.83. The van der Waals surface area contributed by atoms with Crippen LogP contribution in [-0.2, 0) is 14.4 Å². The Kier molecular flexibility index (Phi) is 4.95. The fourth-order valence-corrected chi connectivity index (χ4v) is 4.34. The molecule has 0 bridgehead atoms. The summed E-state index contributed by atoms with van der Waals surface area (Å²) in [6.45, 7) is 5.37. The Bertz CT molecular complexity index is 645. The highest BCUT2D eigenvalue weighted by Crippen LogP contribution is 2.35. The highest BCUT2D eigenvalue weighted by Gasteiger charge is 2.46. The van der Waals surface area contributed by atoms with Crippen molar-refractivity contribution < 1.29 is 14.4 Å². The molecule has 5 nitrogen and oxygen atoms in total.